The Morgan fingerprint density at radius 2 is 2.21 bits per heavy atom. The van der Waals surface area contributed by atoms with Gasteiger partial charge in [0.15, 0.2) is 5.03 Å². The van der Waals surface area contributed by atoms with Gasteiger partial charge in [0.05, 0.1) is 5.69 Å². The number of pyridine rings is 1. The highest BCUT2D eigenvalue weighted by Crippen LogP contribution is 2.22. The van der Waals surface area contributed by atoms with Gasteiger partial charge in [0.25, 0.3) is 10.0 Å². The number of piperazine rings is 1. The molecule has 0 aliphatic carbocycles. The predicted octanol–water partition coefficient (Wildman–Crippen LogP) is 0.378. The average Bonchev–Trinajstić information content (AvgIpc) is 2.39. The van der Waals surface area contributed by atoms with Crippen molar-refractivity contribution in [3.63, 3.8) is 0 Å². The van der Waals surface area contributed by atoms with Crippen molar-refractivity contribution < 1.29 is 8.42 Å². The van der Waals surface area contributed by atoms with E-state index in [4.69, 9.17) is 5.73 Å². The minimum Gasteiger partial charge on any atom is -0.396 e. The summed E-state index contributed by atoms with van der Waals surface area (Å²) in [7, 11) is -3.59. The largest absolute Gasteiger partial charge is 0.396 e. The van der Waals surface area contributed by atoms with Crippen molar-refractivity contribution in [1.29, 1.82) is 0 Å². The van der Waals surface area contributed by atoms with Crippen LogP contribution in [-0.2, 0) is 10.0 Å². The number of rotatable bonds is 3. The lowest BCUT2D eigenvalue weighted by atomic mass is 10.2. The number of sulfonamides is 1. The fourth-order valence-corrected chi connectivity index (χ4v) is 3.93. The Balaban J connectivity index is 2.25. The third-order valence-corrected chi connectivity index (χ3v) is 5.36. The molecule has 0 amide bonds. The number of nitrogens with zero attached hydrogens (tertiary/aromatic N) is 3. The van der Waals surface area contributed by atoms with Crippen LogP contribution in [0, 0.1) is 0 Å². The van der Waals surface area contributed by atoms with Gasteiger partial charge in [-0.05, 0) is 25.6 Å². The number of likely N-dealkylation sites (N-methyl/N-ethyl adjacent to an activating group) is 1. The van der Waals surface area contributed by atoms with E-state index in [9.17, 15) is 8.42 Å². The maximum atomic E-state index is 12.5. The van der Waals surface area contributed by atoms with Crippen molar-refractivity contribution in [2.24, 2.45) is 0 Å². The molecule has 0 aromatic carbocycles. The van der Waals surface area contributed by atoms with Crippen LogP contribution in [0.5, 0.6) is 0 Å². The second-order valence-corrected chi connectivity index (χ2v) is 6.59. The van der Waals surface area contributed by atoms with Crippen LogP contribution in [0.25, 0.3) is 0 Å². The van der Waals surface area contributed by atoms with Gasteiger partial charge in [0.2, 0.25) is 0 Å². The predicted molar refractivity (Wildman–Crippen MR) is 74.1 cm³/mol. The molecule has 1 aliphatic rings. The van der Waals surface area contributed by atoms with E-state index >= 15 is 0 Å². The molecule has 1 fully saturated rings. The van der Waals surface area contributed by atoms with Crippen molar-refractivity contribution >= 4 is 15.7 Å². The normalized spacial score (nSPS) is 22.5. The topological polar surface area (TPSA) is 79.5 Å². The minimum atomic E-state index is -3.59. The summed E-state index contributed by atoms with van der Waals surface area (Å²) in [6.07, 6.45) is 1.45. The summed E-state index contributed by atoms with van der Waals surface area (Å²) in [6, 6.07) is 3.40. The third kappa shape index (κ3) is 2.72. The highest BCUT2D eigenvalue weighted by molar-refractivity contribution is 7.89. The van der Waals surface area contributed by atoms with Gasteiger partial charge in [-0.25, -0.2) is 13.4 Å². The molecule has 2 N–H and O–H groups in total. The first kappa shape index (κ1) is 14.2. The summed E-state index contributed by atoms with van der Waals surface area (Å²) in [5.74, 6) is 0. The molecule has 6 nitrogen and oxygen atoms in total. The smallest absolute Gasteiger partial charge is 0.262 e. The van der Waals surface area contributed by atoms with E-state index in [-0.39, 0.29) is 16.8 Å². The van der Waals surface area contributed by atoms with Crippen molar-refractivity contribution in [2.45, 2.75) is 24.9 Å². The van der Waals surface area contributed by atoms with E-state index in [1.54, 1.807) is 12.1 Å². The van der Waals surface area contributed by atoms with Gasteiger partial charge < -0.3 is 5.73 Å². The summed E-state index contributed by atoms with van der Waals surface area (Å²) in [6.45, 7) is 6.75. The molecule has 2 rings (SSSR count). The second kappa shape index (κ2) is 5.44. The first-order chi connectivity index (χ1) is 8.96. The Labute approximate surface area is 114 Å². The fraction of sp³-hybridized carbons (Fsp3) is 0.583. The van der Waals surface area contributed by atoms with E-state index in [1.165, 1.54) is 10.5 Å². The van der Waals surface area contributed by atoms with Crippen molar-refractivity contribution in [3.8, 4) is 0 Å². The molecule has 1 aliphatic heterocycles. The molecule has 19 heavy (non-hydrogen) atoms. The van der Waals surface area contributed by atoms with E-state index < -0.39 is 10.0 Å². The van der Waals surface area contributed by atoms with Gasteiger partial charge in [0.1, 0.15) is 0 Å². The highest BCUT2D eigenvalue weighted by atomic mass is 32.2. The zero-order valence-electron chi connectivity index (χ0n) is 11.3. The lowest BCUT2D eigenvalue weighted by Crippen LogP contribution is -2.53. The zero-order valence-corrected chi connectivity index (χ0v) is 12.1. The van der Waals surface area contributed by atoms with Gasteiger partial charge in [-0.2, -0.15) is 4.31 Å². The van der Waals surface area contributed by atoms with E-state index in [0.717, 1.165) is 13.1 Å². The van der Waals surface area contributed by atoms with E-state index in [1.807, 2.05) is 6.92 Å². The van der Waals surface area contributed by atoms with Gasteiger partial charge in [-0.3, -0.25) is 4.90 Å². The molecule has 0 bridgehead atoms. The van der Waals surface area contributed by atoms with Crippen molar-refractivity contribution in [3.05, 3.63) is 18.3 Å². The van der Waals surface area contributed by atoms with Crippen LogP contribution < -0.4 is 5.73 Å². The lowest BCUT2D eigenvalue weighted by Gasteiger charge is -2.38. The Hall–Kier alpha value is -1.18. The van der Waals surface area contributed by atoms with Gasteiger partial charge in [0, 0.05) is 31.9 Å². The Bertz CT molecular complexity index is 546. The Morgan fingerprint density at radius 1 is 1.47 bits per heavy atom. The van der Waals surface area contributed by atoms with Gasteiger partial charge in [-0.1, -0.05) is 6.92 Å². The Kier molecular flexibility index (Phi) is 4.07. The molecule has 0 saturated carbocycles. The molecule has 7 heteroatoms. The minimum absolute atomic E-state index is 0.0350. The van der Waals surface area contributed by atoms with Crippen molar-refractivity contribution in [1.82, 2.24) is 14.2 Å². The highest BCUT2D eigenvalue weighted by Gasteiger charge is 2.33. The molecule has 1 aromatic rings. The number of nitrogen functional groups attached to an aromatic ring is 1. The third-order valence-electron chi connectivity index (χ3n) is 3.52. The lowest BCUT2D eigenvalue weighted by molar-refractivity contribution is 0.135. The van der Waals surface area contributed by atoms with Gasteiger partial charge in [-0.15, -0.1) is 0 Å². The molecular weight excluding hydrogens is 264 g/mol. The first-order valence-electron chi connectivity index (χ1n) is 6.41. The summed E-state index contributed by atoms with van der Waals surface area (Å²) in [5.41, 5.74) is 5.92. The molecule has 1 atom stereocenters. The van der Waals surface area contributed by atoms with E-state index in [2.05, 4.69) is 16.8 Å². The molecule has 1 unspecified atom stereocenters. The van der Waals surface area contributed by atoms with Crippen LogP contribution in [-0.4, -0.2) is 54.8 Å². The number of anilines is 1. The average molecular weight is 284 g/mol. The summed E-state index contributed by atoms with van der Waals surface area (Å²) in [5, 5.41) is -0.0350. The SMILES string of the molecule is CCN1CCN(S(=O)(=O)c2ncccc2N)CC1C. The molecule has 1 aromatic heterocycles. The monoisotopic (exact) mass is 284 g/mol. The summed E-state index contributed by atoms with van der Waals surface area (Å²) in [4.78, 5) is 6.18. The summed E-state index contributed by atoms with van der Waals surface area (Å²) < 4.78 is 26.5. The molecule has 2 heterocycles. The number of nitrogens with two attached hydrogens (primary N) is 1. The zero-order chi connectivity index (χ0) is 14.0. The molecule has 0 radical (unpaired) electrons. The van der Waals surface area contributed by atoms with Crippen molar-refractivity contribution in [2.75, 3.05) is 31.9 Å². The number of hydrogen-bond acceptors (Lipinski definition) is 5. The number of hydrogen-bond donors (Lipinski definition) is 1. The Morgan fingerprint density at radius 3 is 2.79 bits per heavy atom. The molecular formula is C12H20N4O2S. The van der Waals surface area contributed by atoms with Crippen LogP contribution in [0.4, 0.5) is 5.69 Å². The van der Waals surface area contributed by atoms with Crippen LogP contribution >= 0.6 is 0 Å². The standard InChI is InChI=1S/C12H20N4O2S/c1-3-15-7-8-16(9-10(15)2)19(17,18)12-11(13)5-4-6-14-12/h4-6,10H,3,7-9,13H2,1-2H3. The van der Waals surface area contributed by atoms with Gasteiger partial charge >= 0.3 is 0 Å². The second-order valence-electron chi connectivity index (χ2n) is 4.74. The van der Waals surface area contributed by atoms with E-state index in [0.29, 0.717) is 13.1 Å². The maximum Gasteiger partial charge on any atom is 0.262 e. The number of aromatic nitrogens is 1. The first-order valence-corrected chi connectivity index (χ1v) is 7.85. The van der Waals surface area contributed by atoms with Crippen LogP contribution in [0.1, 0.15) is 13.8 Å². The van der Waals surface area contributed by atoms with Crippen LogP contribution in [0.15, 0.2) is 23.4 Å². The molecule has 106 valence electrons. The fourth-order valence-electron chi connectivity index (χ4n) is 2.39. The molecule has 1 saturated heterocycles. The van der Waals surface area contributed by atoms with Crippen LogP contribution in [0.3, 0.4) is 0 Å². The maximum absolute atomic E-state index is 12.5. The molecule has 0 spiro atoms. The quantitative estimate of drug-likeness (QED) is 0.868. The van der Waals surface area contributed by atoms with Crippen LogP contribution in [0.2, 0.25) is 0 Å². The summed E-state index contributed by atoms with van der Waals surface area (Å²) >= 11 is 0.